The standard InChI is InChI=1S/C26H35N5O2/c32-24(4-5-27-25(33)26-14-19-11-20(15-26)13-21(12-19)16-26)30-9-7-29(8-10-30)17-22-18-31-6-2-1-3-23(31)28-22/h1-3,6,18-21H,4-5,7-17H2,(H,27,33). The Morgan fingerprint density at radius 2 is 1.70 bits per heavy atom. The predicted octanol–water partition coefficient (Wildman–Crippen LogP) is 2.70. The number of pyridine rings is 1. The van der Waals surface area contributed by atoms with Crippen molar-refractivity contribution >= 4 is 17.5 Å². The van der Waals surface area contributed by atoms with Crippen LogP contribution in [0.4, 0.5) is 0 Å². The zero-order chi connectivity index (χ0) is 22.4. The lowest BCUT2D eigenvalue weighted by atomic mass is 9.49. The lowest BCUT2D eigenvalue weighted by Crippen LogP contribution is -2.54. The van der Waals surface area contributed by atoms with Gasteiger partial charge in [-0.3, -0.25) is 14.5 Å². The van der Waals surface area contributed by atoms with Crippen LogP contribution in [0.3, 0.4) is 0 Å². The Kier molecular flexibility index (Phi) is 5.40. The molecule has 0 aromatic carbocycles. The average molecular weight is 450 g/mol. The third-order valence-electron chi connectivity index (χ3n) is 8.67. The number of carbonyl (C=O) groups is 2. The molecule has 5 fully saturated rings. The lowest BCUT2D eigenvalue weighted by Gasteiger charge is -2.55. The molecule has 2 amide bonds. The normalized spacial score (nSPS) is 31.3. The SMILES string of the molecule is O=C(CCNC(=O)C12CC3CC(CC(C3)C1)C2)N1CCN(Cc2cn3ccccc3n2)CC1. The summed E-state index contributed by atoms with van der Waals surface area (Å²) in [5, 5.41) is 3.16. The highest BCUT2D eigenvalue weighted by atomic mass is 16.2. The third kappa shape index (κ3) is 4.16. The van der Waals surface area contributed by atoms with Crippen LogP contribution in [0.2, 0.25) is 0 Å². The van der Waals surface area contributed by atoms with Crippen LogP contribution in [0.5, 0.6) is 0 Å². The van der Waals surface area contributed by atoms with Gasteiger partial charge in [0.15, 0.2) is 0 Å². The van der Waals surface area contributed by atoms with Gasteiger partial charge in [-0.25, -0.2) is 4.98 Å². The summed E-state index contributed by atoms with van der Waals surface area (Å²) in [6, 6.07) is 6.03. The molecule has 0 spiro atoms. The van der Waals surface area contributed by atoms with Crippen LogP contribution in [0, 0.1) is 23.2 Å². The molecule has 0 atom stereocenters. The quantitative estimate of drug-likeness (QED) is 0.736. The molecule has 2 aromatic rings. The number of aromatic nitrogens is 2. The molecule has 5 aliphatic rings. The van der Waals surface area contributed by atoms with E-state index in [1.54, 1.807) is 0 Å². The fourth-order valence-electron chi connectivity index (χ4n) is 7.47. The lowest BCUT2D eigenvalue weighted by molar-refractivity contribution is -0.146. The van der Waals surface area contributed by atoms with E-state index in [0.717, 1.165) is 81.1 Å². The van der Waals surface area contributed by atoms with Gasteiger partial charge in [0.1, 0.15) is 5.65 Å². The number of carbonyl (C=O) groups excluding carboxylic acids is 2. The molecular weight excluding hydrogens is 414 g/mol. The van der Waals surface area contributed by atoms with Crippen molar-refractivity contribution in [2.75, 3.05) is 32.7 Å². The minimum absolute atomic E-state index is 0.124. The smallest absolute Gasteiger partial charge is 0.226 e. The van der Waals surface area contributed by atoms with Gasteiger partial charge < -0.3 is 14.6 Å². The van der Waals surface area contributed by atoms with Crippen LogP contribution < -0.4 is 5.32 Å². The van der Waals surface area contributed by atoms with Crippen LogP contribution in [0.25, 0.3) is 5.65 Å². The Balaban J connectivity index is 0.949. The summed E-state index contributed by atoms with van der Waals surface area (Å²) >= 11 is 0. The monoisotopic (exact) mass is 449 g/mol. The molecule has 0 unspecified atom stereocenters. The molecule has 3 heterocycles. The summed E-state index contributed by atoms with van der Waals surface area (Å²) in [5.41, 5.74) is 1.91. The number of nitrogens with one attached hydrogen (secondary N) is 1. The number of piperazine rings is 1. The molecule has 7 rings (SSSR count). The summed E-state index contributed by atoms with van der Waals surface area (Å²) in [4.78, 5) is 34.8. The predicted molar refractivity (Wildman–Crippen MR) is 125 cm³/mol. The number of amides is 2. The van der Waals surface area contributed by atoms with Crippen molar-refractivity contribution < 1.29 is 9.59 Å². The number of imidazole rings is 1. The summed E-state index contributed by atoms with van der Waals surface area (Å²) < 4.78 is 2.05. The van der Waals surface area contributed by atoms with Gasteiger partial charge >= 0.3 is 0 Å². The van der Waals surface area contributed by atoms with Crippen LogP contribution in [-0.4, -0.2) is 63.7 Å². The van der Waals surface area contributed by atoms with E-state index in [1.807, 2.05) is 33.7 Å². The van der Waals surface area contributed by atoms with E-state index in [0.29, 0.717) is 13.0 Å². The average Bonchev–Trinajstić information content (AvgIpc) is 3.21. The molecule has 1 N–H and O–H groups in total. The largest absolute Gasteiger partial charge is 0.355 e. The van der Waals surface area contributed by atoms with Crippen molar-refractivity contribution in [2.45, 2.75) is 51.5 Å². The molecule has 176 valence electrons. The van der Waals surface area contributed by atoms with E-state index in [2.05, 4.69) is 21.4 Å². The topological polar surface area (TPSA) is 70.0 Å². The minimum Gasteiger partial charge on any atom is -0.355 e. The van der Waals surface area contributed by atoms with E-state index in [-0.39, 0.29) is 17.2 Å². The first-order valence-electron chi connectivity index (χ1n) is 12.8. The Morgan fingerprint density at radius 3 is 2.36 bits per heavy atom. The van der Waals surface area contributed by atoms with Gasteiger partial charge in [-0.1, -0.05) is 6.07 Å². The fraction of sp³-hybridized carbons (Fsp3) is 0.654. The summed E-state index contributed by atoms with van der Waals surface area (Å²) in [7, 11) is 0. The molecule has 33 heavy (non-hydrogen) atoms. The molecule has 4 aliphatic carbocycles. The zero-order valence-corrected chi connectivity index (χ0v) is 19.4. The van der Waals surface area contributed by atoms with Crippen molar-refractivity contribution in [1.82, 2.24) is 24.5 Å². The second kappa shape index (κ2) is 8.42. The zero-order valence-electron chi connectivity index (χ0n) is 19.4. The first-order valence-corrected chi connectivity index (χ1v) is 12.8. The Morgan fingerprint density at radius 1 is 1.00 bits per heavy atom. The maximum absolute atomic E-state index is 13.1. The second-order valence-corrected chi connectivity index (χ2v) is 11.1. The maximum Gasteiger partial charge on any atom is 0.226 e. The highest BCUT2D eigenvalue weighted by molar-refractivity contribution is 5.84. The Hall–Kier alpha value is -2.41. The van der Waals surface area contributed by atoms with Gasteiger partial charge in [-0.05, 0) is 68.4 Å². The molecule has 7 heteroatoms. The van der Waals surface area contributed by atoms with Gasteiger partial charge in [-0.15, -0.1) is 0 Å². The number of hydrogen-bond acceptors (Lipinski definition) is 4. The second-order valence-electron chi connectivity index (χ2n) is 11.1. The van der Waals surface area contributed by atoms with E-state index < -0.39 is 0 Å². The summed E-state index contributed by atoms with van der Waals surface area (Å²) in [6.07, 6.45) is 11.8. The van der Waals surface area contributed by atoms with E-state index >= 15 is 0 Å². The van der Waals surface area contributed by atoms with Crippen molar-refractivity contribution in [1.29, 1.82) is 0 Å². The summed E-state index contributed by atoms with van der Waals surface area (Å²) in [6.45, 7) is 4.49. The summed E-state index contributed by atoms with van der Waals surface area (Å²) in [5.74, 6) is 2.68. The van der Waals surface area contributed by atoms with Crippen LogP contribution in [-0.2, 0) is 16.1 Å². The van der Waals surface area contributed by atoms with Gasteiger partial charge in [0.25, 0.3) is 0 Å². The van der Waals surface area contributed by atoms with E-state index in [4.69, 9.17) is 0 Å². The van der Waals surface area contributed by atoms with Crippen molar-refractivity contribution in [2.24, 2.45) is 23.2 Å². The van der Waals surface area contributed by atoms with Crippen molar-refractivity contribution in [3.8, 4) is 0 Å². The van der Waals surface area contributed by atoms with Gasteiger partial charge in [-0.2, -0.15) is 0 Å². The van der Waals surface area contributed by atoms with Gasteiger partial charge in [0.05, 0.1) is 5.69 Å². The highest BCUT2D eigenvalue weighted by Gasteiger charge is 2.54. The molecule has 4 saturated carbocycles. The molecule has 1 saturated heterocycles. The van der Waals surface area contributed by atoms with E-state index in [9.17, 15) is 9.59 Å². The molecule has 0 radical (unpaired) electrons. The van der Waals surface area contributed by atoms with Gasteiger partial charge in [0.2, 0.25) is 11.8 Å². The number of nitrogens with zero attached hydrogens (tertiary/aromatic N) is 4. The van der Waals surface area contributed by atoms with Crippen molar-refractivity contribution in [3.05, 3.63) is 36.3 Å². The Labute approximate surface area is 195 Å². The number of rotatable bonds is 6. The first kappa shape index (κ1) is 21.1. The van der Waals surface area contributed by atoms with Gasteiger partial charge in [0, 0.05) is 63.5 Å². The molecule has 4 bridgehead atoms. The van der Waals surface area contributed by atoms with E-state index in [1.165, 1.54) is 19.3 Å². The molecule has 1 aliphatic heterocycles. The maximum atomic E-state index is 13.1. The number of hydrogen-bond donors (Lipinski definition) is 1. The van der Waals surface area contributed by atoms with Crippen LogP contribution in [0.15, 0.2) is 30.6 Å². The fourth-order valence-corrected chi connectivity index (χ4v) is 7.47. The highest BCUT2D eigenvalue weighted by Crippen LogP contribution is 2.60. The minimum atomic E-state index is -0.124. The van der Waals surface area contributed by atoms with Crippen LogP contribution >= 0.6 is 0 Å². The molecule has 2 aromatic heterocycles. The third-order valence-corrected chi connectivity index (χ3v) is 8.67. The Bertz CT molecular complexity index is 970. The van der Waals surface area contributed by atoms with Crippen LogP contribution in [0.1, 0.15) is 50.6 Å². The molecular formula is C26H35N5O2. The molecule has 7 nitrogen and oxygen atoms in total. The number of fused-ring (bicyclic) bond motifs is 1. The van der Waals surface area contributed by atoms with Crippen molar-refractivity contribution in [3.63, 3.8) is 0 Å². The first-order chi connectivity index (χ1) is 16.1.